The van der Waals surface area contributed by atoms with Crippen molar-refractivity contribution in [2.24, 2.45) is 5.73 Å². The van der Waals surface area contributed by atoms with Crippen molar-refractivity contribution in [2.75, 3.05) is 5.32 Å². The number of halogens is 1. The summed E-state index contributed by atoms with van der Waals surface area (Å²) in [6.45, 7) is 1.92. The third-order valence-corrected chi connectivity index (χ3v) is 3.62. The molecule has 0 radical (unpaired) electrons. The van der Waals surface area contributed by atoms with Gasteiger partial charge in [-0.05, 0) is 30.2 Å². The van der Waals surface area contributed by atoms with Gasteiger partial charge in [0, 0.05) is 0 Å². The van der Waals surface area contributed by atoms with Crippen LogP contribution in [0.4, 0.5) is 10.5 Å². The molecule has 0 aliphatic rings. The number of primary amides is 1. The number of anilines is 1. The average Bonchev–Trinajstić information content (AvgIpc) is 2.50. The van der Waals surface area contributed by atoms with Gasteiger partial charge in [-0.25, -0.2) is 4.79 Å². The van der Waals surface area contributed by atoms with Crippen LogP contribution < -0.4 is 16.4 Å². The number of amides is 3. The zero-order chi connectivity index (χ0) is 16.8. The monoisotopic (exact) mass is 331 g/mol. The Hall–Kier alpha value is -2.53. The maximum atomic E-state index is 12.3. The van der Waals surface area contributed by atoms with Gasteiger partial charge in [-0.3, -0.25) is 4.79 Å². The van der Waals surface area contributed by atoms with Crippen LogP contribution in [0.2, 0.25) is 5.02 Å². The molecule has 4 N–H and O–H groups in total. The number of carbonyl (C=O) groups is 2. The summed E-state index contributed by atoms with van der Waals surface area (Å²) in [5.41, 5.74) is 7.54. The zero-order valence-corrected chi connectivity index (χ0v) is 13.4. The molecule has 0 aliphatic carbocycles. The number of nitrogens with two attached hydrogens (primary N) is 1. The summed E-state index contributed by atoms with van der Waals surface area (Å²) >= 11 is 6.11. The van der Waals surface area contributed by atoms with Gasteiger partial charge in [-0.2, -0.15) is 0 Å². The first-order valence-corrected chi connectivity index (χ1v) is 7.50. The number of aryl methyl sites for hydroxylation is 1. The van der Waals surface area contributed by atoms with E-state index in [-0.39, 0.29) is 12.3 Å². The summed E-state index contributed by atoms with van der Waals surface area (Å²) in [7, 11) is 0. The van der Waals surface area contributed by atoms with E-state index >= 15 is 0 Å². The first-order valence-electron chi connectivity index (χ1n) is 7.12. The standard InChI is InChI=1S/C17H18ClN3O2/c1-11-7-8-14(13(18)9-11)20-16(22)10-15(21-17(19)23)12-5-3-2-4-6-12/h2-9,15H,10H2,1H3,(H,20,22)(H3,19,21,23)/t15-/m0/s1. The topological polar surface area (TPSA) is 84.2 Å². The fourth-order valence-corrected chi connectivity index (χ4v) is 2.50. The Kier molecular flexibility index (Phi) is 5.60. The van der Waals surface area contributed by atoms with Crippen LogP contribution in [0.5, 0.6) is 0 Å². The molecule has 0 aliphatic heterocycles. The first kappa shape index (κ1) is 16.8. The van der Waals surface area contributed by atoms with E-state index in [0.29, 0.717) is 10.7 Å². The summed E-state index contributed by atoms with van der Waals surface area (Å²) in [6.07, 6.45) is 0.0527. The van der Waals surface area contributed by atoms with Crippen molar-refractivity contribution >= 4 is 29.2 Å². The van der Waals surface area contributed by atoms with Crippen molar-refractivity contribution in [3.8, 4) is 0 Å². The van der Waals surface area contributed by atoms with Crippen molar-refractivity contribution in [3.63, 3.8) is 0 Å². The Bertz CT molecular complexity index is 704. The first-order chi connectivity index (χ1) is 11.0. The van der Waals surface area contributed by atoms with Crippen molar-refractivity contribution in [2.45, 2.75) is 19.4 Å². The van der Waals surface area contributed by atoms with Crippen LogP contribution >= 0.6 is 11.6 Å². The highest BCUT2D eigenvalue weighted by Gasteiger charge is 2.18. The Morgan fingerprint density at radius 2 is 1.87 bits per heavy atom. The Labute approximate surface area is 139 Å². The van der Waals surface area contributed by atoms with E-state index in [4.69, 9.17) is 17.3 Å². The minimum absolute atomic E-state index is 0.0527. The van der Waals surface area contributed by atoms with Gasteiger partial charge in [-0.15, -0.1) is 0 Å². The molecule has 120 valence electrons. The average molecular weight is 332 g/mol. The SMILES string of the molecule is Cc1ccc(NC(=O)C[C@H](NC(N)=O)c2ccccc2)c(Cl)c1. The zero-order valence-electron chi connectivity index (χ0n) is 12.7. The maximum absolute atomic E-state index is 12.3. The van der Waals surface area contributed by atoms with Gasteiger partial charge in [0.15, 0.2) is 0 Å². The molecule has 0 heterocycles. The third-order valence-electron chi connectivity index (χ3n) is 3.31. The predicted octanol–water partition coefficient (Wildman–Crippen LogP) is 3.39. The van der Waals surface area contributed by atoms with Gasteiger partial charge < -0.3 is 16.4 Å². The van der Waals surface area contributed by atoms with Crippen LogP contribution in [-0.2, 0) is 4.79 Å². The maximum Gasteiger partial charge on any atom is 0.312 e. The summed E-state index contributed by atoms with van der Waals surface area (Å²) in [5, 5.41) is 5.80. The summed E-state index contributed by atoms with van der Waals surface area (Å²) in [4.78, 5) is 23.4. The van der Waals surface area contributed by atoms with Crippen LogP contribution in [0.3, 0.4) is 0 Å². The molecule has 0 fully saturated rings. The Morgan fingerprint density at radius 1 is 1.17 bits per heavy atom. The second kappa shape index (κ2) is 7.65. The van der Waals surface area contributed by atoms with E-state index in [1.807, 2.05) is 43.3 Å². The number of urea groups is 1. The van der Waals surface area contributed by atoms with Gasteiger partial charge in [0.2, 0.25) is 5.91 Å². The third kappa shape index (κ3) is 5.00. The van der Waals surface area contributed by atoms with E-state index in [9.17, 15) is 9.59 Å². The number of benzene rings is 2. The minimum Gasteiger partial charge on any atom is -0.352 e. The van der Waals surface area contributed by atoms with Crippen molar-refractivity contribution < 1.29 is 9.59 Å². The van der Waals surface area contributed by atoms with E-state index in [1.54, 1.807) is 12.1 Å². The van der Waals surface area contributed by atoms with Gasteiger partial charge >= 0.3 is 6.03 Å². The molecular weight excluding hydrogens is 314 g/mol. The Morgan fingerprint density at radius 3 is 2.48 bits per heavy atom. The summed E-state index contributed by atoms with van der Waals surface area (Å²) < 4.78 is 0. The van der Waals surface area contributed by atoms with Crippen LogP contribution in [0.25, 0.3) is 0 Å². The normalized spacial score (nSPS) is 11.6. The highest BCUT2D eigenvalue weighted by molar-refractivity contribution is 6.33. The molecule has 2 aromatic rings. The molecule has 0 spiro atoms. The molecule has 3 amide bonds. The second-order valence-corrected chi connectivity index (χ2v) is 5.61. The largest absolute Gasteiger partial charge is 0.352 e. The lowest BCUT2D eigenvalue weighted by Gasteiger charge is -2.18. The number of hydrogen-bond donors (Lipinski definition) is 3. The fraction of sp³-hybridized carbons (Fsp3) is 0.176. The molecule has 0 unspecified atom stereocenters. The van der Waals surface area contributed by atoms with E-state index < -0.39 is 12.1 Å². The van der Waals surface area contributed by atoms with Crippen LogP contribution in [0.1, 0.15) is 23.6 Å². The predicted molar refractivity (Wildman–Crippen MR) is 91.3 cm³/mol. The van der Waals surface area contributed by atoms with Gasteiger partial charge in [-0.1, -0.05) is 48.0 Å². The van der Waals surface area contributed by atoms with Gasteiger partial charge in [0.25, 0.3) is 0 Å². The number of rotatable bonds is 5. The molecule has 2 rings (SSSR count). The lowest BCUT2D eigenvalue weighted by atomic mass is 10.0. The van der Waals surface area contributed by atoms with E-state index in [0.717, 1.165) is 11.1 Å². The molecule has 23 heavy (non-hydrogen) atoms. The number of nitrogens with one attached hydrogen (secondary N) is 2. The van der Waals surface area contributed by atoms with Crippen LogP contribution in [-0.4, -0.2) is 11.9 Å². The van der Waals surface area contributed by atoms with Crippen LogP contribution in [0, 0.1) is 6.92 Å². The summed E-state index contributed by atoms with van der Waals surface area (Å²) in [5.74, 6) is -0.265. The molecular formula is C17H18ClN3O2. The molecule has 0 aromatic heterocycles. The lowest BCUT2D eigenvalue weighted by Crippen LogP contribution is -2.35. The van der Waals surface area contributed by atoms with E-state index in [2.05, 4.69) is 10.6 Å². The van der Waals surface area contributed by atoms with Gasteiger partial charge in [0.05, 0.1) is 23.2 Å². The highest BCUT2D eigenvalue weighted by atomic mass is 35.5. The molecule has 6 heteroatoms. The molecule has 0 saturated carbocycles. The molecule has 0 bridgehead atoms. The van der Waals surface area contributed by atoms with Crippen molar-refractivity contribution in [3.05, 3.63) is 64.7 Å². The lowest BCUT2D eigenvalue weighted by molar-refractivity contribution is -0.116. The van der Waals surface area contributed by atoms with Crippen LogP contribution in [0.15, 0.2) is 48.5 Å². The van der Waals surface area contributed by atoms with E-state index in [1.165, 1.54) is 0 Å². The molecule has 1 atom stereocenters. The molecule has 0 saturated heterocycles. The van der Waals surface area contributed by atoms with Crippen molar-refractivity contribution in [1.29, 1.82) is 0 Å². The molecule has 5 nitrogen and oxygen atoms in total. The molecule has 2 aromatic carbocycles. The second-order valence-electron chi connectivity index (χ2n) is 5.21. The smallest absolute Gasteiger partial charge is 0.312 e. The quantitative estimate of drug-likeness (QED) is 0.784. The highest BCUT2D eigenvalue weighted by Crippen LogP contribution is 2.24. The van der Waals surface area contributed by atoms with Crippen molar-refractivity contribution in [1.82, 2.24) is 5.32 Å². The fourth-order valence-electron chi connectivity index (χ4n) is 2.22. The Balaban J connectivity index is 2.09. The van der Waals surface area contributed by atoms with Gasteiger partial charge in [0.1, 0.15) is 0 Å². The minimum atomic E-state index is -0.681. The number of carbonyl (C=O) groups excluding carboxylic acids is 2. The number of hydrogen-bond acceptors (Lipinski definition) is 2. The summed E-state index contributed by atoms with van der Waals surface area (Å²) in [6, 6.07) is 13.4.